The molecule has 0 spiro atoms. The lowest BCUT2D eigenvalue weighted by atomic mass is 10.0. The van der Waals surface area contributed by atoms with Crippen LogP contribution in [0.3, 0.4) is 0 Å². The van der Waals surface area contributed by atoms with Crippen molar-refractivity contribution in [1.82, 2.24) is 0 Å². The summed E-state index contributed by atoms with van der Waals surface area (Å²) in [6.07, 6.45) is 45.4. The topological polar surface area (TPSA) is 0 Å². The zero-order chi connectivity index (χ0) is 39.8. The van der Waals surface area contributed by atoms with Crippen molar-refractivity contribution in [3.05, 3.63) is 89.5 Å². The number of rotatable bonds is 36. The first-order valence-corrected chi connectivity index (χ1v) is 27.5. The Bertz CT molecular complexity index is 1150. The fraction of sp³-hybridized carbons (Fsp3) is 0.667. The molecular formula is C54H88PS+. The molecule has 0 fully saturated rings. The Morgan fingerprint density at radius 3 is 0.643 bits per heavy atom. The van der Waals surface area contributed by atoms with Gasteiger partial charge < -0.3 is 0 Å². The summed E-state index contributed by atoms with van der Waals surface area (Å²) in [5.41, 5.74) is 4.44. The van der Waals surface area contributed by atoms with E-state index in [2.05, 4.69) is 93.6 Å². The first kappa shape index (κ1) is 48.8. The summed E-state index contributed by atoms with van der Waals surface area (Å²) in [5.74, 6) is 0. The van der Waals surface area contributed by atoms with Crippen molar-refractivity contribution in [3.63, 3.8) is 0 Å². The third kappa shape index (κ3) is 20.4. The number of thiol groups is 1. The van der Waals surface area contributed by atoms with Gasteiger partial charge in [-0.3, -0.25) is 0 Å². The van der Waals surface area contributed by atoms with E-state index in [1.54, 1.807) is 0 Å². The molecule has 0 heterocycles. The SMILES string of the molecule is CCCCCCCCCCCCc1ccc([P+](S)(c2ccc(CCCCCCCCCCCC)cc2)c2ccc(CCCCCCCCCCCC)cc2)cc1. The minimum absolute atomic E-state index is 1.19. The molecule has 0 aliphatic carbocycles. The first-order chi connectivity index (χ1) is 27.6. The fourth-order valence-electron chi connectivity index (χ4n) is 8.53. The average molecular weight is 800 g/mol. The molecular weight excluding hydrogens is 712 g/mol. The van der Waals surface area contributed by atoms with Crippen LogP contribution in [0.4, 0.5) is 0 Å². The highest BCUT2D eigenvalue weighted by atomic mass is 32.7. The molecule has 0 amide bonds. The van der Waals surface area contributed by atoms with E-state index in [1.165, 1.54) is 244 Å². The van der Waals surface area contributed by atoms with E-state index in [-0.39, 0.29) is 0 Å². The molecule has 56 heavy (non-hydrogen) atoms. The molecule has 0 saturated carbocycles. The monoisotopic (exact) mass is 800 g/mol. The van der Waals surface area contributed by atoms with E-state index in [0.29, 0.717) is 0 Å². The predicted octanol–water partition coefficient (Wildman–Crippen LogP) is 17.2. The number of unbranched alkanes of at least 4 members (excludes halogenated alkanes) is 27. The molecule has 0 bridgehead atoms. The smallest absolute Gasteiger partial charge is 0.0654 e. The van der Waals surface area contributed by atoms with Crippen LogP contribution in [0.15, 0.2) is 72.8 Å². The van der Waals surface area contributed by atoms with Gasteiger partial charge in [0, 0.05) is 12.2 Å². The lowest BCUT2D eigenvalue weighted by Gasteiger charge is -2.22. The summed E-state index contributed by atoms with van der Waals surface area (Å²) < 4.78 is 0. The Kier molecular flexibility index (Phi) is 28.2. The summed E-state index contributed by atoms with van der Waals surface area (Å²) in [4.78, 5) is 0. The van der Waals surface area contributed by atoms with E-state index in [0.717, 1.165) is 0 Å². The van der Waals surface area contributed by atoms with Gasteiger partial charge >= 0.3 is 0 Å². The third-order valence-corrected chi connectivity index (χ3v) is 17.6. The first-order valence-electron chi connectivity index (χ1n) is 24.5. The van der Waals surface area contributed by atoms with E-state index in [1.807, 2.05) is 0 Å². The summed E-state index contributed by atoms with van der Waals surface area (Å²) >= 11 is 5.74. The highest BCUT2D eigenvalue weighted by molar-refractivity contribution is 8.61. The quantitative estimate of drug-likeness (QED) is 0.0338. The van der Waals surface area contributed by atoms with Gasteiger partial charge in [0.1, 0.15) is 15.9 Å². The highest BCUT2D eigenvalue weighted by Gasteiger charge is 2.42. The molecule has 0 N–H and O–H groups in total. The van der Waals surface area contributed by atoms with Crippen molar-refractivity contribution < 1.29 is 0 Å². The van der Waals surface area contributed by atoms with Gasteiger partial charge in [0.25, 0.3) is 0 Å². The van der Waals surface area contributed by atoms with Crippen molar-refractivity contribution >= 4 is 34.6 Å². The molecule has 314 valence electrons. The van der Waals surface area contributed by atoms with E-state index in [4.69, 9.17) is 12.2 Å². The average Bonchev–Trinajstić information content (AvgIpc) is 3.23. The van der Waals surface area contributed by atoms with Gasteiger partial charge in [0.2, 0.25) is 0 Å². The molecule has 0 saturated heterocycles. The molecule has 0 atom stereocenters. The summed E-state index contributed by atoms with van der Waals surface area (Å²) in [7, 11) is 0. The van der Waals surface area contributed by atoms with Gasteiger partial charge in [-0.15, -0.1) is 0 Å². The Morgan fingerprint density at radius 2 is 0.446 bits per heavy atom. The molecule has 2 heteroatoms. The van der Waals surface area contributed by atoms with Crippen molar-refractivity contribution in [2.24, 2.45) is 0 Å². The minimum atomic E-state index is -2.06. The van der Waals surface area contributed by atoms with Gasteiger partial charge in [-0.25, -0.2) is 0 Å². The molecule has 0 aliphatic rings. The zero-order valence-electron chi connectivity index (χ0n) is 37.2. The molecule has 3 rings (SSSR count). The van der Waals surface area contributed by atoms with Crippen molar-refractivity contribution in [2.45, 2.75) is 233 Å². The van der Waals surface area contributed by atoms with E-state index >= 15 is 0 Å². The predicted molar refractivity (Wildman–Crippen MR) is 261 cm³/mol. The van der Waals surface area contributed by atoms with Gasteiger partial charge in [0.15, 0.2) is 6.46 Å². The van der Waals surface area contributed by atoms with E-state index in [9.17, 15) is 0 Å². The van der Waals surface area contributed by atoms with Gasteiger partial charge in [-0.2, -0.15) is 0 Å². The lowest BCUT2D eigenvalue weighted by molar-refractivity contribution is 0.556. The Balaban J connectivity index is 1.56. The van der Waals surface area contributed by atoms with Crippen LogP contribution in [-0.4, -0.2) is 0 Å². The van der Waals surface area contributed by atoms with Crippen LogP contribution in [0.1, 0.15) is 230 Å². The number of benzene rings is 3. The normalized spacial score (nSPS) is 11.8. The van der Waals surface area contributed by atoms with E-state index < -0.39 is 6.46 Å². The van der Waals surface area contributed by atoms with Crippen LogP contribution in [0.25, 0.3) is 0 Å². The van der Waals surface area contributed by atoms with Gasteiger partial charge in [0.05, 0.1) is 0 Å². The molecule has 0 aliphatic heterocycles. The third-order valence-electron chi connectivity index (χ3n) is 12.4. The number of hydrogen-bond donors (Lipinski definition) is 1. The lowest BCUT2D eigenvalue weighted by Crippen LogP contribution is -2.27. The standard InChI is InChI=1S/C54H88PS/c1-4-7-10-13-16-19-22-25-28-31-34-49-37-43-52(44-38-49)55(56,53-45-39-50(40-46-53)35-32-29-26-23-20-17-14-11-8-5-2)54-47-41-51(42-48-54)36-33-30-27-24-21-18-15-12-9-6-3/h37-48,56H,4-36H2,1-3H3/q+1. The van der Waals surface area contributed by atoms with Gasteiger partial charge in [-0.1, -0.05) is 231 Å². The largest absolute Gasteiger partial charge is 0.167 e. The number of aryl methyl sites for hydroxylation is 3. The fourth-order valence-corrected chi connectivity index (χ4v) is 12.4. The van der Waals surface area contributed by atoms with Crippen LogP contribution in [0.2, 0.25) is 0 Å². The van der Waals surface area contributed by atoms with Crippen LogP contribution in [0.5, 0.6) is 0 Å². The van der Waals surface area contributed by atoms with Crippen molar-refractivity contribution in [2.75, 3.05) is 0 Å². The van der Waals surface area contributed by atoms with Gasteiger partial charge in [-0.05, 0) is 91.6 Å². The summed E-state index contributed by atoms with van der Waals surface area (Å²) in [6, 6.07) is 29.0. The number of hydrogen-bond acceptors (Lipinski definition) is 1. The molecule has 3 aromatic rings. The Morgan fingerprint density at radius 1 is 0.268 bits per heavy atom. The van der Waals surface area contributed by atoms with Crippen LogP contribution < -0.4 is 15.9 Å². The second kappa shape index (κ2) is 32.3. The molecule has 0 nitrogen and oxygen atoms in total. The maximum Gasteiger partial charge on any atom is 0.167 e. The molecule has 0 unspecified atom stereocenters. The molecule has 3 aromatic carbocycles. The molecule has 0 aromatic heterocycles. The molecule has 0 radical (unpaired) electrons. The zero-order valence-corrected chi connectivity index (χ0v) is 38.9. The minimum Gasteiger partial charge on any atom is -0.0654 e. The highest BCUT2D eigenvalue weighted by Crippen LogP contribution is 2.59. The van der Waals surface area contributed by atoms with Crippen molar-refractivity contribution in [1.29, 1.82) is 0 Å². The Labute approximate surface area is 355 Å². The van der Waals surface area contributed by atoms with Crippen LogP contribution in [0, 0.1) is 0 Å². The maximum atomic E-state index is 5.74. The second-order valence-electron chi connectivity index (χ2n) is 17.4. The summed E-state index contributed by atoms with van der Waals surface area (Å²) in [6.45, 7) is 4.86. The van der Waals surface area contributed by atoms with Crippen LogP contribution >= 0.6 is 18.7 Å². The second-order valence-corrected chi connectivity index (χ2v) is 22.1. The maximum absolute atomic E-state index is 5.74. The van der Waals surface area contributed by atoms with Crippen LogP contribution in [-0.2, 0) is 19.3 Å². The Hall–Kier alpha value is -1.56. The summed E-state index contributed by atoms with van der Waals surface area (Å²) in [5, 5.41) is 4.16. The van der Waals surface area contributed by atoms with Crippen molar-refractivity contribution in [3.8, 4) is 0 Å².